The van der Waals surface area contributed by atoms with Crippen LogP contribution in [0.1, 0.15) is 52.0 Å². The van der Waals surface area contributed by atoms with E-state index in [9.17, 15) is 13.2 Å². The Kier molecular flexibility index (Phi) is 5.55. The molecule has 0 radical (unpaired) electrons. The lowest BCUT2D eigenvalue weighted by Crippen LogP contribution is -2.27. The Morgan fingerprint density at radius 2 is 1.83 bits per heavy atom. The monoisotopic (exact) mass is 355 g/mol. The highest BCUT2D eigenvalue weighted by Crippen LogP contribution is 2.27. The second kappa shape index (κ2) is 7.11. The molecule has 0 unspecified atom stereocenters. The van der Waals surface area contributed by atoms with Crippen LogP contribution in [-0.2, 0) is 19.0 Å². The maximum absolute atomic E-state index is 12.4. The number of benzene rings is 1. The van der Waals surface area contributed by atoms with Crippen molar-refractivity contribution in [1.29, 1.82) is 0 Å². The number of carbonyl (C=O) groups excluding carboxylic acids is 1. The van der Waals surface area contributed by atoms with Gasteiger partial charge in [-0.15, -0.1) is 0 Å². The van der Waals surface area contributed by atoms with E-state index < -0.39 is 21.8 Å². The Bertz CT molecular complexity index is 700. The van der Waals surface area contributed by atoms with Gasteiger partial charge in [-0.25, -0.2) is 4.79 Å². The highest BCUT2D eigenvalue weighted by molar-refractivity contribution is 7.86. The number of carbonyl (C=O) groups is 1. The smallest absolute Gasteiger partial charge is 0.412 e. The number of anilines is 1. The molecule has 134 valence electrons. The molecule has 1 aliphatic rings. The van der Waals surface area contributed by atoms with Gasteiger partial charge in [0.25, 0.3) is 10.1 Å². The van der Waals surface area contributed by atoms with Crippen LogP contribution in [-0.4, -0.2) is 26.2 Å². The standard InChI is InChI=1S/C17H25NO5S/c1-12-9-10-14(24(20,21)23-13-7-5-6-8-13)11-15(12)18-16(19)22-17(2,3)4/h9-11,13H,5-8H2,1-4H3,(H,18,19). The van der Waals surface area contributed by atoms with E-state index in [0.717, 1.165) is 31.2 Å². The first-order valence-electron chi connectivity index (χ1n) is 8.11. The lowest BCUT2D eigenvalue weighted by Gasteiger charge is -2.20. The van der Waals surface area contributed by atoms with Crippen LogP contribution in [0, 0.1) is 6.92 Å². The van der Waals surface area contributed by atoms with Crippen LogP contribution in [0.4, 0.5) is 10.5 Å². The third-order valence-electron chi connectivity index (χ3n) is 3.70. The summed E-state index contributed by atoms with van der Waals surface area (Å²) in [5.41, 5.74) is 0.494. The van der Waals surface area contributed by atoms with E-state index in [-0.39, 0.29) is 11.0 Å². The first kappa shape index (κ1) is 18.7. The molecule has 0 aliphatic heterocycles. The van der Waals surface area contributed by atoms with Crippen LogP contribution < -0.4 is 5.32 Å². The van der Waals surface area contributed by atoms with Crippen LogP contribution in [0.5, 0.6) is 0 Å². The molecule has 0 aromatic heterocycles. The molecule has 1 amide bonds. The van der Waals surface area contributed by atoms with Crippen LogP contribution in [0.2, 0.25) is 0 Å². The van der Waals surface area contributed by atoms with Crippen molar-refractivity contribution in [2.75, 3.05) is 5.32 Å². The number of hydrogen-bond donors (Lipinski definition) is 1. The van der Waals surface area contributed by atoms with Crippen molar-refractivity contribution in [3.8, 4) is 0 Å². The summed E-state index contributed by atoms with van der Waals surface area (Å²) in [6, 6.07) is 4.53. The van der Waals surface area contributed by atoms with E-state index in [2.05, 4.69) is 5.32 Å². The summed E-state index contributed by atoms with van der Waals surface area (Å²) < 4.78 is 35.3. The van der Waals surface area contributed by atoms with E-state index in [0.29, 0.717) is 5.69 Å². The van der Waals surface area contributed by atoms with E-state index >= 15 is 0 Å². The summed E-state index contributed by atoms with van der Waals surface area (Å²) in [6.45, 7) is 7.06. The number of amides is 1. The first-order chi connectivity index (χ1) is 11.1. The molecular formula is C17H25NO5S. The normalized spacial score (nSPS) is 16.2. The van der Waals surface area contributed by atoms with Gasteiger partial charge in [0.2, 0.25) is 0 Å². The number of hydrogen-bond acceptors (Lipinski definition) is 5. The highest BCUT2D eigenvalue weighted by atomic mass is 32.2. The SMILES string of the molecule is Cc1ccc(S(=O)(=O)OC2CCCC2)cc1NC(=O)OC(C)(C)C. The maximum atomic E-state index is 12.4. The second-order valence-electron chi connectivity index (χ2n) is 7.06. The summed E-state index contributed by atoms with van der Waals surface area (Å²) in [5.74, 6) is 0. The number of aryl methyl sites for hydroxylation is 1. The quantitative estimate of drug-likeness (QED) is 0.826. The number of rotatable bonds is 4. The lowest BCUT2D eigenvalue weighted by molar-refractivity contribution is 0.0635. The molecule has 0 bridgehead atoms. The minimum atomic E-state index is -3.85. The van der Waals surface area contributed by atoms with E-state index in [1.807, 2.05) is 0 Å². The van der Waals surface area contributed by atoms with Crippen molar-refractivity contribution in [3.05, 3.63) is 23.8 Å². The molecule has 1 saturated carbocycles. The second-order valence-corrected chi connectivity index (χ2v) is 8.63. The summed E-state index contributed by atoms with van der Waals surface area (Å²) in [6.07, 6.45) is 2.61. The van der Waals surface area contributed by atoms with Gasteiger partial charge in [0.05, 0.1) is 11.0 Å². The van der Waals surface area contributed by atoms with Gasteiger partial charge in [0, 0.05) is 5.69 Å². The molecule has 1 N–H and O–H groups in total. The van der Waals surface area contributed by atoms with Crippen LogP contribution >= 0.6 is 0 Å². The molecule has 1 aliphatic carbocycles. The molecule has 6 nitrogen and oxygen atoms in total. The van der Waals surface area contributed by atoms with Crippen molar-refractivity contribution in [2.45, 2.75) is 70.0 Å². The molecule has 0 spiro atoms. The van der Waals surface area contributed by atoms with Gasteiger partial charge in [-0.1, -0.05) is 18.9 Å². The molecule has 2 rings (SSSR count). The van der Waals surface area contributed by atoms with Gasteiger partial charge in [-0.3, -0.25) is 9.50 Å². The summed E-state index contributed by atoms with van der Waals surface area (Å²) in [7, 11) is -3.85. The summed E-state index contributed by atoms with van der Waals surface area (Å²) in [5, 5.41) is 2.59. The topological polar surface area (TPSA) is 81.7 Å². The third kappa shape index (κ3) is 5.21. The van der Waals surface area contributed by atoms with Gasteiger partial charge < -0.3 is 4.74 Å². The molecule has 7 heteroatoms. The average molecular weight is 355 g/mol. The van der Waals surface area contributed by atoms with Gasteiger partial charge in [-0.2, -0.15) is 8.42 Å². The Balaban J connectivity index is 2.16. The minimum absolute atomic E-state index is 0.0334. The molecular weight excluding hydrogens is 330 g/mol. The van der Waals surface area contributed by atoms with Crippen molar-refractivity contribution >= 4 is 21.9 Å². The molecule has 0 heterocycles. The van der Waals surface area contributed by atoms with Gasteiger partial charge in [0.1, 0.15) is 5.60 Å². The van der Waals surface area contributed by atoms with Crippen LogP contribution in [0.15, 0.2) is 23.1 Å². The Morgan fingerprint density at radius 1 is 1.21 bits per heavy atom. The maximum Gasteiger partial charge on any atom is 0.412 e. The predicted molar refractivity (Wildman–Crippen MR) is 91.6 cm³/mol. The Hall–Kier alpha value is -1.60. The fourth-order valence-corrected chi connectivity index (χ4v) is 3.68. The molecule has 1 aromatic rings. The Morgan fingerprint density at radius 3 is 2.42 bits per heavy atom. The molecule has 0 saturated heterocycles. The highest BCUT2D eigenvalue weighted by Gasteiger charge is 2.25. The lowest BCUT2D eigenvalue weighted by atomic mass is 10.2. The number of nitrogens with one attached hydrogen (secondary N) is 1. The first-order valence-corrected chi connectivity index (χ1v) is 9.51. The van der Waals surface area contributed by atoms with Crippen molar-refractivity contribution in [3.63, 3.8) is 0 Å². The van der Waals surface area contributed by atoms with Gasteiger partial charge in [0.15, 0.2) is 0 Å². The van der Waals surface area contributed by atoms with Crippen molar-refractivity contribution < 1.29 is 22.1 Å². The van der Waals surface area contributed by atoms with Crippen molar-refractivity contribution in [1.82, 2.24) is 0 Å². The molecule has 24 heavy (non-hydrogen) atoms. The van der Waals surface area contributed by atoms with Gasteiger partial charge >= 0.3 is 6.09 Å². The summed E-state index contributed by atoms with van der Waals surface area (Å²) in [4.78, 5) is 11.9. The fraction of sp³-hybridized carbons (Fsp3) is 0.588. The zero-order chi connectivity index (χ0) is 18.0. The zero-order valence-electron chi connectivity index (χ0n) is 14.6. The van der Waals surface area contributed by atoms with Crippen molar-refractivity contribution in [2.24, 2.45) is 0 Å². The zero-order valence-corrected chi connectivity index (χ0v) is 15.4. The predicted octanol–water partition coefficient (Wildman–Crippen LogP) is 3.99. The van der Waals surface area contributed by atoms with E-state index in [4.69, 9.17) is 8.92 Å². The molecule has 1 fully saturated rings. The van der Waals surface area contributed by atoms with E-state index in [1.54, 1.807) is 33.8 Å². The third-order valence-corrected chi connectivity index (χ3v) is 5.06. The molecule has 0 atom stereocenters. The number of ether oxygens (including phenoxy) is 1. The molecule has 1 aromatic carbocycles. The Labute approximate surface area is 143 Å². The van der Waals surface area contributed by atoms with Gasteiger partial charge in [-0.05, 0) is 58.2 Å². The van der Waals surface area contributed by atoms with Crippen LogP contribution in [0.3, 0.4) is 0 Å². The van der Waals surface area contributed by atoms with E-state index in [1.165, 1.54) is 12.1 Å². The fourth-order valence-electron chi connectivity index (χ4n) is 2.52. The minimum Gasteiger partial charge on any atom is -0.444 e. The average Bonchev–Trinajstić information content (AvgIpc) is 2.91. The summed E-state index contributed by atoms with van der Waals surface area (Å²) >= 11 is 0. The largest absolute Gasteiger partial charge is 0.444 e. The van der Waals surface area contributed by atoms with Crippen LogP contribution in [0.25, 0.3) is 0 Å².